The van der Waals surface area contributed by atoms with E-state index in [-0.39, 0.29) is 17.7 Å². The maximum Gasteiger partial charge on any atom is 0.433 e. The summed E-state index contributed by atoms with van der Waals surface area (Å²) in [4.78, 5) is 20.1. The predicted octanol–water partition coefficient (Wildman–Crippen LogP) is 2.39. The van der Waals surface area contributed by atoms with E-state index >= 15 is 0 Å². The highest BCUT2D eigenvalue weighted by molar-refractivity contribution is 6.28. The molecule has 120 valence electrons. The van der Waals surface area contributed by atoms with Gasteiger partial charge in [0.15, 0.2) is 5.69 Å². The van der Waals surface area contributed by atoms with Crippen molar-refractivity contribution in [2.45, 2.75) is 12.6 Å². The largest absolute Gasteiger partial charge is 0.469 e. The van der Waals surface area contributed by atoms with Crippen LogP contribution in [-0.4, -0.2) is 36.1 Å². The van der Waals surface area contributed by atoms with E-state index < -0.39 is 17.2 Å². The highest BCUT2D eigenvalue weighted by Gasteiger charge is 2.56. The van der Waals surface area contributed by atoms with Gasteiger partial charge in [0, 0.05) is 25.6 Å². The summed E-state index contributed by atoms with van der Waals surface area (Å²) in [5.74, 6) is 0.763. The molecule has 3 rings (SSSR count). The molecule has 9 heteroatoms. The van der Waals surface area contributed by atoms with Crippen LogP contribution in [0.25, 0.3) is 0 Å². The Morgan fingerprint density at radius 1 is 1.41 bits per heavy atom. The topological polar surface area (TPSA) is 55.3 Å². The Bertz CT molecular complexity index is 599. The molecule has 0 N–H and O–H groups in total. The van der Waals surface area contributed by atoms with Crippen LogP contribution >= 0.6 is 11.6 Å². The number of carbonyl (C=O) groups excluding carboxylic acids is 1. The number of halogens is 4. The smallest absolute Gasteiger partial charge is 0.433 e. The van der Waals surface area contributed by atoms with Crippen molar-refractivity contribution >= 4 is 23.4 Å². The molecule has 0 aromatic carbocycles. The van der Waals surface area contributed by atoms with Crippen LogP contribution in [0.2, 0.25) is 5.28 Å². The Labute approximate surface area is 129 Å². The molecule has 1 aliphatic heterocycles. The summed E-state index contributed by atoms with van der Waals surface area (Å²) in [6.45, 7) is 1.13. The zero-order valence-electron chi connectivity index (χ0n) is 11.6. The molecule has 0 spiro atoms. The third-order valence-corrected chi connectivity index (χ3v) is 4.47. The number of aromatic nitrogens is 2. The van der Waals surface area contributed by atoms with E-state index in [0.717, 1.165) is 6.07 Å². The van der Waals surface area contributed by atoms with E-state index in [1.807, 2.05) is 0 Å². The second kappa shape index (κ2) is 5.26. The minimum Gasteiger partial charge on any atom is -0.469 e. The molecule has 0 bridgehead atoms. The van der Waals surface area contributed by atoms with Crippen molar-refractivity contribution in [2.75, 3.05) is 25.1 Å². The first-order chi connectivity index (χ1) is 10.3. The summed E-state index contributed by atoms with van der Waals surface area (Å²) in [6, 6.07) is 0.909. The van der Waals surface area contributed by atoms with Crippen molar-refractivity contribution < 1.29 is 22.7 Å². The number of anilines is 1. The first-order valence-electron chi connectivity index (χ1n) is 6.73. The fraction of sp³-hybridized carbons (Fsp3) is 0.615. The van der Waals surface area contributed by atoms with Crippen molar-refractivity contribution in [3.05, 3.63) is 17.0 Å². The summed E-state index contributed by atoms with van der Waals surface area (Å²) in [7, 11) is 1.34. The number of methoxy groups -OCH3 is 1. The number of piperidine rings is 1. The number of esters is 1. The van der Waals surface area contributed by atoms with E-state index in [1.165, 1.54) is 7.11 Å². The molecule has 0 unspecified atom stereocenters. The Balaban J connectivity index is 1.69. The summed E-state index contributed by atoms with van der Waals surface area (Å²) in [5, 5.41) is -0.420. The van der Waals surface area contributed by atoms with Gasteiger partial charge in [0.2, 0.25) is 5.28 Å². The second-order valence-corrected chi connectivity index (χ2v) is 5.89. The lowest BCUT2D eigenvalue weighted by Gasteiger charge is -2.21. The van der Waals surface area contributed by atoms with Crippen LogP contribution in [0.3, 0.4) is 0 Å². The second-order valence-electron chi connectivity index (χ2n) is 5.55. The standard InChI is InChI=1S/C13H13ClF3N3O2/c1-22-11(21)2-6-7-4-20(5-8(6)7)10-3-9(13(15,16)17)18-12(14)19-10/h3,6-8H,2,4-5H2,1H3/t7-,8-/m0/s1. The molecular weight excluding hydrogens is 323 g/mol. The summed E-state index contributed by atoms with van der Waals surface area (Å²) in [5.41, 5.74) is -1.05. The third-order valence-electron chi connectivity index (χ3n) is 4.30. The Hall–Kier alpha value is -1.57. The molecule has 1 aromatic heterocycles. The summed E-state index contributed by atoms with van der Waals surface area (Å²) < 4.78 is 42.9. The molecule has 2 fully saturated rings. The lowest BCUT2D eigenvalue weighted by molar-refractivity contribution is -0.142. The quantitative estimate of drug-likeness (QED) is 0.627. The molecule has 2 atom stereocenters. The van der Waals surface area contributed by atoms with E-state index in [0.29, 0.717) is 31.3 Å². The maximum absolute atomic E-state index is 12.7. The molecule has 0 radical (unpaired) electrons. The van der Waals surface area contributed by atoms with Gasteiger partial charge < -0.3 is 9.64 Å². The van der Waals surface area contributed by atoms with Gasteiger partial charge in [-0.1, -0.05) is 0 Å². The van der Waals surface area contributed by atoms with Crippen LogP contribution in [-0.2, 0) is 15.7 Å². The fourth-order valence-electron chi connectivity index (χ4n) is 3.13. The normalized spacial score (nSPS) is 26.8. The van der Waals surface area contributed by atoms with Gasteiger partial charge in [0.1, 0.15) is 5.82 Å². The van der Waals surface area contributed by atoms with Crippen LogP contribution < -0.4 is 4.90 Å². The van der Waals surface area contributed by atoms with Crippen molar-refractivity contribution in [1.82, 2.24) is 9.97 Å². The van der Waals surface area contributed by atoms with E-state index in [2.05, 4.69) is 14.7 Å². The SMILES string of the molecule is COC(=O)CC1[C@@H]2CN(c3cc(C(F)(F)F)nc(Cl)n3)C[C@@H]12. The number of alkyl halides is 3. The molecular formula is C13H13ClF3N3O2. The van der Waals surface area contributed by atoms with Crippen LogP contribution in [0.1, 0.15) is 12.1 Å². The Kier molecular flexibility index (Phi) is 3.66. The molecule has 2 aliphatic rings. The Morgan fingerprint density at radius 2 is 2.05 bits per heavy atom. The van der Waals surface area contributed by atoms with Crippen molar-refractivity contribution in [3.8, 4) is 0 Å². The van der Waals surface area contributed by atoms with E-state index in [9.17, 15) is 18.0 Å². The van der Waals surface area contributed by atoms with Gasteiger partial charge in [0.05, 0.1) is 7.11 Å². The van der Waals surface area contributed by atoms with Crippen molar-refractivity contribution in [1.29, 1.82) is 0 Å². The van der Waals surface area contributed by atoms with Crippen molar-refractivity contribution in [2.24, 2.45) is 17.8 Å². The van der Waals surface area contributed by atoms with Gasteiger partial charge in [-0.25, -0.2) is 9.97 Å². The number of fused-ring (bicyclic) bond motifs is 1. The molecule has 1 saturated heterocycles. The minimum atomic E-state index is -4.56. The van der Waals surface area contributed by atoms with E-state index in [1.54, 1.807) is 4.90 Å². The molecule has 22 heavy (non-hydrogen) atoms. The highest BCUT2D eigenvalue weighted by atomic mass is 35.5. The monoisotopic (exact) mass is 335 g/mol. The summed E-state index contributed by atoms with van der Waals surface area (Å²) >= 11 is 5.59. The molecule has 1 saturated carbocycles. The first kappa shape index (κ1) is 15.3. The van der Waals surface area contributed by atoms with Gasteiger partial charge in [-0.3, -0.25) is 4.79 Å². The number of ether oxygens (including phenoxy) is 1. The zero-order valence-corrected chi connectivity index (χ0v) is 12.4. The number of carbonyl (C=O) groups is 1. The highest BCUT2D eigenvalue weighted by Crippen LogP contribution is 2.54. The predicted molar refractivity (Wildman–Crippen MR) is 71.4 cm³/mol. The van der Waals surface area contributed by atoms with E-state index in [4.69, 9.17) is 11.6 Å². The van der Waals surface area contributed by atoms with Crippen LogP contribution in [0, 0.1) is 17.8 Å². The average molecular weight is 336 g/mol. The number of hydrogen-bond donors (Lipinski definition) is 0. The molecule has 2 heterocycles. The first-order valence-corrected chi connectivity index (χ1v) is 7.11. The Morgan fingerprint density at radius 3 is 2.59 bits per heavy atom. The molecule has 1 aliphatic carbocycles. The number of nitrogens with zero attached hydrogens (tertiary/aromatic N) is 3. The number of hydrogen-bond acceptors (Lipinski definition) is 5. The fourth-order valence-corrected chi connectivity index (χ4v) is 3.31. The average Bonchev–Trinajstić information content (AvgIpc) is 2.89. The number of rotatable bonds is 3. The minimum absolute atomic E-state index is 0.177. The third kappa shape index (κ3) is 2.84. The van der Waals surface area contributed by atoms with Crippen molar-refractivity contribution in [3.63, 3.8) is 0 Å². The summed E-state index contributed by atoms with van der Waals surface area (Å²) in [6.07, 6.45) is -4.20. The van der Waals surface area contributed by atoms with Gasteiger partial charge in [0.25, 0.3) is 0 Å². The molecule has 1 aromatic rings. The molecule has 0 amide bonds. The van der Waals surface area contributed by atoms with Crippen LogP contribution in [0.5, 0.6) is 0 Å². The zero-order chi connectivity index (χ0) is 16.1. The van der Waals surface area contributed by atoms with Gasteiger partial charge in [-0.15, -0.1) is 0 Å². The maximum atomic E-state index is 12.7. The van der Waals surface area contributed by atoms with Gasteiger partial charge >= 0.3 is 12.1 Å². The lowest BCUT2D eigenvalue weighted by Crippen LogP contribution is -2.26. The van der Waals surface area contributed by atoms with Crippen LogP contribution in [0.4, 0.5) is 19.0 Å². The van der Waals surface area contributed by atoms with Gasteiger partial charge in [-0.2, -0.15) is 13.2 Å². The van der Waals surface area contributed by atoms with Crippen LogP contribution in [0.15, 0.2) is 6.07 Å². The van der Waals surface area contributed by atoms with Gasteiger partial charge in [-0.05, 0) is 29.4 Å². The lowest BCUT2D eigenvalue weighted by atomic mass is 10.2. The molecule has 5 nitrogen and oxygen atoms in total.